The molecule has 0 heterocycles. The molecule has 0 saturated heterocycles. The third kappa shape index (κ3) is 20.4. The second kappa shape index (κ2) is 22.9. The molecule has 0 fully saturated rings. The lowest BCUT2D eigenvalue weighted by molar-refractivity contribution is 0.163. The average Bonchev–Trinajstić information content (AvgIpc) is 2.70. The van der Waals surface area contributed by atoms with E-state index in [1.807, 2.05) is 0 Å². The number of hydrogen-bond acceptors (Lipinski definition) is 2. The van der Waals surface area contributed by atoms with Crippen LogP contribution >= 0.6 is 0 Å². The summed E-state index contributed by atoms with van der Waals surface area (Å²) in [5.74, 6) is 0.952. The summed E-state index contributed by atoms with van der Waals surface area (Å²) in [5, 5.41) is 10.2. The van der Waals surface area contributed by atoms with Crippen LogP contribution in [0.25, 0.3) is 0 Å². The van der Waals surface area contributed by atoms with Crippen molar-refractivity contribution >= 4 is 0 Å². The Labute approximate surface area is 177 Å². The van der Waals surface area contributed by atoms with Gasteiger partial charge in [0.25, 0.3) is 0 Å². The molecular formula is C26H53NO. The zero-order chi connectivity index (χ0) is 20.7. The Kier molecular flexibility index (Phi) is 22.7. The summed E-state index contributed by atoms with van der Waals surface area (Å²) in [5.41, 5.74) is 5.51. The van der Waals surface area contributed by atoms with Gasteiger partial charge in [-0.25, -0.2) is 0 Å². The number of aliphatic hydroxyl groups is 1. The fraction of sp³-hybridized carbons (Fsp3) is 0.923. The Morgan fingerprint density at radius 3 is 1.82 bits per heavy atom. The highest BCUT2D eigenvalue weighted by atomic mass is 16.3. The molecule has 0 aliphatic rings. The van der Waals surface area contributed by atoms with Gasteiger partial charge in [0.05, 0.1) is 6.10 Å². The van der Waals surface area contributed by atoms with E-state index in [-0.39, 0.29) is 6.10 Å². The number of rotatable bonds is 22. The number of hydrogen-bond donors (Lipinski definition) is 2. The molecule has 2 nitrogen and oxygen atoms in total. The number of nitrogens with two attached hydrogens (primary N) is 1. The first kappa shape index (κ1) is 27.7. The Hall–Kier alpha value is -0.340. The molecule has 28 heavy (non-hydrogen) atoms. The molecule has 0 bridgehead atoms. The molecule has 0 rings (SSSR count). The van der Waals surface area contributed by atoms with Crippen LogP contribution < -0.4 is 5.73 Å². The first-order valence-electron chi connectivity index (χ1n) is 12.8. The highest BCUT2D eigenvalue weighted by molar-refractivity contribution is 4.84. The average molecular weight is 396 g/mol. The summed E-state index contributed by atoms with van der Waals surface area (Å²) in [6.45, 7) is 5.44. The van der Waals surface area contributed by atoms with Gasteiger partial charge in [0.1, 0.15) is 0 Å². The summed E-state index contributed by atoms with van der Waals surface area (Å²) >= 11 is 0. The normalized spacial score (nSPS) is 13.0. The van der Waals surface area contributed by atoms with Crippen molar-refractivity contribution in [2.24, 2.45) is 11.7 Å². The van der Waals surface area contributed by atoms with E-state index in [1.165, 1.54) is 109 Å². The molecule has 2 heteroatoms. The minimum Gasteiger partial charge on any atom is -0.393 e. The van der Waals surface area contributed by atoms with Crippen LogP contribution in [-0.4, -0.2) is 17.8 Å². The Morgan fingerprint density at radius 2 is 1.18 bits per heavy atom. The summed E-state index contributed by atoms with van der Waals surface area (Å²) < 4.78 is 0. The predicted molar refractivity (Wildman–Crippen MR) is 127 cm³/mol. The Balaban J connectivity index is 3.53. The summed E-state index contributed by atoms with van der Waals surface area (Å²) in [4.78, 5) is 0. The molecule has 1 atom stereocenters. The van der Waals surface area contributed by atoms with Crippen LogP contribution in [0.1, 0.15) is 136 Å². The van der Waals surface area contributed by atoms with Gasteiger partial charge in [-0.2, -0.15) is 0 Å². The van der Waals surface area contributed by atoms with Gasteiger partial charge >= 0.3 is 0 Å². The number of allylic oxidation sites excluding steroid dienone is 1. The first-order chi connectivity index (χ1) is 13.7. The van der Waals surface area contributed by atoms with Crippen molar-refractivity contribution in [3.63, 3.8) is 0 Å². The van der Waals surface area contributed by atoms with E-state index in [2.05, 4.69) is 26.0 Å². The van der Waals surface area contributed by atoms with E-state index >= 15 is 0 Å². The molecule has 0 radical (unpaired) electrons. The highest BCUT2D eigenvalue weighted by Crippen LogP contribution is 2.23. The molecule has 0 amide bonds. The van der Waals surface area contributed by atoms with Gasteiger partial charge in [-0.15, -0.1) is 0 Å². The van der Waals surface area contributed by atoms with Crippen molar-refractivity contribution < 1.29 is 5.11 Å². The van der Waals surface area contributed by atoms with Gasteiger partial charge in [0, 0.05) is 0 Å². The van der Waals surface area contributed by atoms with Crippen LogP contribution in [0.4, 0.5) is 0 Å². The molecule has 0 spiro atoms. The van der Waals surface area contributed by atoms with E-state index in [1.54, 1.807) is 0 Å². The maximum Gasteiger partial charge on any atom is 0.0574 e. The summed E-state index contributed by atoms with van der Waals surface area (Å²) in [7, 11) is 0. The van der Waals surface area contributed by atoms with Crippen molar-refractivity contribution in [2.45, 2.75) is 142 Å². The second-order valence-electron chi connectivity index (χ2n) is 8.85. The standard InChI is InChI=1S/C26H53NO/c1-3-5-19-25(20-6-4-2)21-15-14-17-23-26(28)22-16-12-10-8-7-9-11-13-18-24-27/h12,16,25-26,28H,3-11,13-15,17-24,27H2,1-2H3/b16-12-/t26-/m0/s1. The SMILES string of the molecule is CCCCC(CCCC)CCCCC[C@@H](O)C/C=C\CCCCCCCCN. The van der Waals surface area contributed by atoms with Gasteiger partial charge in [-0.3, -0.25) is 0 Å². The van der Waals surface area contributed by atoms with Crippen LogP contribution in [0.3, 0.4) is 0 Å². The second-order valence-corrected chi connectivity index (χ2v) is 8.85. The molecule has 0 unspecified atom stereocenters. The molecule has 0 aromatic carbocycles. The van der Waals surface area contributed by atoms with Gasteiger partial charge in [-0.1, -0.05) is 116 Å². The molecule has 3 N–H and O–H groups in total. The zero-order valence-electron chi connectivity index (χ0n) is 19.5. The minimum atomic E-state index is -0.136. The zero-order valence-corrected chi connectivity index (χ0v) is 19.5. The minimum absolute atomic E-state index is 0.136. The lowest BCUT2D eigenvalue weighted by Gasteiger charge is -2.16. The molecule has 0 aliphatic carbocycles. The fourth-order valence-corrected chi connectivity index (χ4v) is 4.01. The monoisotopic (exact) mass is 395 g/mol. The Morgan fingerprint density at radius 1 is 0.643 bits per heavy atom. The molecule has 168 valence electrons. The third-order valence-corrected chi connectivity index (χ3v) is 5.98. The largest absolute Gasteiger partial charge is 0.393 e. The van der Waals surface area contributed by atoms with Crippen LogP contribution in [0.5, 0.6) is 0 Å². The van der Waals surface area contributed by atoms with E-state index in [4.69, 9.17) is 5.73 Å². The van der Waals surface area contributed by atoms with Gasteiger partial charge in [0.15, 0.2) is 0 Å². The van der Waals surface area contributed by atoms with Gasteiger partial charge in [-0.05, 0) is 44.6 Å². The predicted octanol–water partition coefficient (Wildman–Crippen LogP) is 7.93. The number of unbranched alkanes of at least 4 members (excludes halogenated alkanes) is 10. The van der Waals surface area contributed by atoms with Crippen molar-refractivity contribution in [3.05, 3.63) is 12.2 Å². The molecular weight excluding hydrogens is 342 g/mol. The quantitative estimate of drug-likeness (QED) is 0.144. The van der Waals surface area contributed by atoms with E-state index in [9.17, 15) is 5.11 Å². The van der Waals surface area contributed by atoms with Crippen molar-refractivity contribution in [1.29, 1.82) is 0 Å². The molecule has 0 aromatic rings. The van der Waals surface area contributed by atoms with Crippen LogP contribution in [-0.2, 0) is 0 Å². The van der Waals surface area contributed by atoms with Crippen molar-refractivity contribution in [2.75, 3.05) is 6.54 Å². The van der Waals surface area contributed by atoms with Crippen molar-refractivity contribution in [1.82, 2.24) is 0 Å². The maximum absolute atomic E-state index is 10.2. The van der Waals surface area contributed by atoms with E-state index in [0.29, 0.717) is 0 Å². The lowest BCUT2D eigenvalue weighted by Crippen LogP contribution is -2.05. The van der Waals surface area contributed by atoms with E-state index in [0.717, 1.165) is 25.3 Å². The smallest absolute Gasteiger partial charge is 0.0574 e. The summed E-state index contributed by atoms with van der Waals surface area (Å²) in [6.07, 6.45) is 28.6. The van der Waals surface area contributed by atoms with Crippen molar-refractivity contribution in [3.8, 4) is 0 Å². The fourth-order valence-electron chi connectivity index (χ4n) is 4.01. The van der Waals surface area contributed by atoms with Gasteiger partial charge in [0.2, 0.25) is 0 Å². The third-order valence-electron chi connectivity index (χ3n) is 5.98. The Bertz CT molecular complexity index is 308. The van der Waals surface area contributed by atoms with E-state index < -0.39 is 0 Å². The van der Waals surface area contributed by atoms with Crippen LogP contribution in [0.2, 0.25) is 0 Å². The maximum atomic E-state index is 10.2. The lowest BCUT2D eigenvalue weighted by atomic mass is 9.90. The topological polar surface area (TPSA) is 46.2 Å². The molecule has 0 aromatic heterocycles. The van der Waals surface area contributed by atoms with Gasteiger partial charge < -0.3 is 10.8 Å². The highest BCUT2D eigenvalue weighted by Gasteiger charge is 2.08. The molecule has 0 saturated carbocycles. The number of aliphatic hydroxyl groups excluding tert-OH is 1. The van der Waals surface area contributed by atoms with Crippen LogP contribution in [0, 0.1) is 5.92 Å². The van der Waals surface area contributed by atoms with Crippen LogP contribution in [0.15, 0.2) is 12.2 Å². The summed E-state index contributed by atoms with van der Waals surface area (Å²) in [6, 6.07) is 0. The molecule has 0 aliphatic heterocycles. The first-order valence-corrected chi connectivity index (χ1v) is 12.8.